The zero-order chi connectivity index (χ0) is 42.8. The molecule has 8 nitrogen and oxygen atoms in total. The van der Waals surface area contributed by atoms with Crippen LogP contribution in [0.15, 0.2) is 48.6 Å². The van der Waals surface area contributed by atoms with Crippen LogP contribution in [-0.4, -0.2) is 68.5 Å². The van der Waals surface area contributed by atoms with Crippen LogP contribution in [0.4, 0.5) is 0 Å². The number of likely N-dealkylation sites (N-methyl/N-ethyl adjacent to an activating group) is 1. The van der Waals surface area contributed by atoms with Crippen LogP contribution in [0.1, 0.15) is 206 Å². The van der Waals surface area contributed by atoms with Crippen LogP contribution < -0.4 is 10.2 Å². The summed E-state index contributed by atoms with van der Waals surface area (Å²) in [6, 6.07) is -0.913. The Morgan fingerprint density at radius 3 is 1.43 bits per heavy atom. The number of carbonyl (C=O) groups excluding carboxylic acids is 1. The molecule has 0 bridgehead atoms. The van der Waals surface area contributed by atoms with Gasteiger partial charge >= 0.3 is 0 Å². The molecule has 0 aliphatic rings. The molecule has 1 amide bonds. The number of aliphatic hydroxyl groups excluding tert-OH is 1. The monoisotopic (exact) mass is 837 g/mol. The summed E-state index contributed by atoms with van der Waals surface area (Å²) < 4.78 is 23.2. The Kier molecular flexibility index (Phi) is 39.8. The van der Waals surface area contributed by atoms with Crippen LogP contribution in [0.25, 0.3) is 0 Å². The molecular weight excluding hydrogens is 744 g/mol. The molecule has 0 aromatic carbocycles. The van der Waals surface area contributed by atoms with Crippen molar-refractivity contribution >= 4 is 13.7 Å². The van der Waals surface area contributed by atoms with Gasteiger partial charge in [-0.1, -0.05) is 178 Å². The van der Waals surface area contributed by atoms with Gasteiger partial charge in [0.05, 0.1) is 39.9 Å². The summed E-state index contributed by atoms with van der Waals surface area (Å²) in [6.45, 7) is 4.58. The van der Waals surface area contributed by atoms with E-state index >= 15 is 0 Å². The summed E-state index contributed by atoms with van der Waals surface area (Å²) in [5.74, 6) is -0.223. The lowest BCUT2D eigenvalue weighted by atomic mass is 10.0. The zero-order valence-corrected chi connectivity index (χ0v) is 39.4. The summed E-state index contributed by atoms with van der Waals surface area (Å²) in [5, 5.41) is 13.8. The lowest BCUT2D eigenvalue weighted by Crippen LogP contribution is -2.45. The number of phosphoric acid groups is 1. The second-order valence-corrected chi connectivity index (χ2v) is 18.8. The average Bonchev–Trinajstić information content (AvgIpc) is 3.17. The lowest BCUT2D eigenvalue weighted by Gasteiger charge is -2.29. The summed E-state index contributed by atoms with van der Waals surface area (Å²) in [7, 11) is 1.23. The maximum Gasteiger partial charge on any atom is 0.268 e. The van der Waals surface area contributed by atoms with Gasteiger partial charge in [-0.15, -0.1) is 0 Å². The van der Waals surface area contributed by atoms with Gasteiger partial charge in [0, 0.05) is 6.42 Å². The molecule has 0 aromatic rings. The Bertz CT molecular complexity index is 1090. The van der Waals surface area contributed by atoms with Gasteiger partial charge < -0.3 is 28.8 Å². The second-order valence-electron chi connectivity index (χ2n) is 17.4. The average molecular weight is 837 g/mol. The normalized spacial score (nSPS) is 14.7. The van der Waals surface area contributed by atoms with Crippen molar-refractivity contribution in [2.24, 2.45) is 0 Å². The van der Waals surface area contributed by atoms with E-state index in [0.29, 0.717) is 17.4 Å². The Labute approximate surface area is 359 Å². The van der Waals surface area contributed by atoms with Crippen molar-refractivity contribution < 1.29 is 32.9 Å². The highest BCUT2D eigenvalue weighted by Gasteiger charge is 2.23. The SMILES string of the molecule is CCCCC/C=C\CCCCCCCC(=O)NC(COP(=O)([O-])OCC[N+](C)(C)C)C(O)/C=C/CC/C=C/CC/C=C/CCCCCCCCCCCCCCCC. The van der Waals surface area contributed by atoms with Gasteiger partial charge in [0.15, 0.2) is 0 Å². The van der Waals surface area contributed by atoms with Crippen LogP contribution in [-0.2, 0) is 18.4 Å². The van der Waals surface area contributed by atoms with Crippen molar-refractivity contribution in [1.82, 2.24) is 5.32 Å². The minimum Gasteiger partial charge on any atom is -0.756 e. The predicted octanol–water partition coefficient (Wildman–Crippen LogP) is 13.0. The summed E-state index contributed by atoms with van der Waals surface area (Å²) in [6.07, 6.45) is 51.8. The number of hydrogen-bond donors (Lipinski definition) is 2. The topological polar surface area (TPSA) is 108 Å². The molecule has 0 saturated heterocycles. The Morgan fingerprint density at radius 2 is 0.966 bits per heavy atom. The summed E-state index contributed by atoms with van der Waals surface area (Å²) >= 11 is 0. The van der Waals surface area contributed by atoms with Gasteiger partial charge in [-0.25, -0.2) is 0 Å². The Morgan fingerprint density at radius 1 is 0.586 bits per heavy atom. The third-order valence-corrected chi connectivity index (χ3v) is 11.5. The highest BCUT2D eigenvalue weighted by atomic mass is 31.2. The van der Waals surface area contributed by atoms with E-state index in [1.807, 2.05) is 27.2 Å². The number of carbonyl (C=O) groups is 1. The highest BCUT2D eigenvalue weighted by Crippen LogP contribution is 2.38. The largest absolute Gasteiger partial charge is 0.756 e. The van der Waals surface area contributed by atoms with Gasteiger partial charge in [0.1, 0.15) is 13.2 Å². The molecule has 9 heteroatoms. The molecular formula is C49H93N2O6P. The summed E-state index contributed by atoms with van der Waals surface area (Å²) in [4.78, 5) is 25.3. The first kappa shape index (κ1) is 56.5. The first-order valence-electron chi connectivity index (χ1n) is 24.0. The van der Waals surface area contributed by atoms with E-state index in [9.17, 15) is 19.4 Å². The minimum absolute atomic E-state index is 0.0116. The van der Waals surface area contributed by atoms with Crippen LogP contribution in [0.3, 0.4) is 0 Å². The number of quaternary nitrogens is 1. The number of nitrogens with one attached hydrogen (secondary N) is 1. The van der Waals surface area contributed by atoms with Gasteiger partial charge in [-0.05, 0) is 70.6 Å². The molecule has 58 heavy (non-hydrogen) atoms. The van der Waals surface area contributed by atoms with Crippen molar-refractivity contribution in [3.05, 3.63) is 48.6 Å². The highest BCUT2D eigenvalue weighted by molar-refractivity contribution is 7.45. The molecule has 0 aromatic heterocycles. The molecule has 340 valence electrons. The number of phosphoric ester groups is 1. The van der Waals surface area contributed by atoms with Gasteiger partial charge in [0.25, 0.3) is 7.82 Å². The van der Waals surface area contributed by atoms with Gasteiger partial charge in [-0.2, -0.15) is 0 Å². The molecule has 0 aliphatic heterocycles. The van der Waals surface area contributed by atoms with Crippen molar-refractivity contribution in [2.45, 2.75) is 219 Å². The molecule has 0 heterocycles. The number of rotatable bonds is 43. The first-order valence-corrected chi connectivity index (χ1v) is 25.5. The van der Waals surface area contributed by atoms with E-state index in [1.54, 1.807) is 6.08 Å². The van der Waals surface area contributed by atoms with E-state index in [4.69, 9.17) is 9.05 Å². The molecule has 0 rings (SSSR count). The van der Waals surface area contributed by atoms with E-state index in [1.165, 1.54) is 122 Å². The second kappa shape index (κ2) is 40.8. The summed E-state index contributed by atoms with van der Waals surface area (Å²) in [5.41, 5.74) is 0. The minimum atomic E-state index is -4.60. The van der Waals surface area contributed by atoms with Crippen molar-refractivity contribution in [1.29, 1.82) is 0 Å². The maximum atomic E-state index is 12.8. The molecule has 3 unspecified atom stereocenters. The van der Waals surface area contributed by atoms with E-state index < -0.39 is 26.6 Å². The van der Waals surface area contributed by atoms with Crippen molar-refractivity contribution in [3.63, 3.8) is 0 Å². The molecule has 0 fully saturated rings. The molecule has 0 saturated carbocycles. The number of nitrogens with zero attached hydrogens (tertiary/aromatic N) is 1. The fourth-order valence-electron chi connectivity index (χ4n) is 6.65. The van der Waals surface area contributed by atoms with Gasteiger partial charge in [0.2, 0.25) is 5.91 Å². The van der Waals surface area contributed by atoms with E-state index in [0.717, 1.165) is 64.2 Å². The van der Waals surface area contributed by atoms with Crippen LogP contribution in [0.5, 0.6) is 0 Å². The lowest BCUT2D eigenvalue weighted by molar-refractivity contribution is -0.870. The smallest absolute Gasteiger partial charge is 0.268 e. The fourth-order valence-corrected chi connectivity index (χ4v) is 7.37. The standard InChI is InChI=1S/C49H93N2O6P/c1-6-8-10-12-14-16-18-20-21-22-23-24-25-26-27-28-29-30-31-32-34-36-38-40-42-48(52)47(46-57-58(54,55)56-45-44-51(3,4)5)50-49(53)43-41-39-37-35-33-19-17-15-13-11-9-7-2/h15,17,28-29,32,34,40,42,47-48,52H,6-14,16,18-27,30-31,33,35-39,41,43-46H2,1-5H3,(H-,50,53,54,55)/b17-15-,29-28+,34-32+,42-40+. The molecule has 0 radical (unpaired) electrons. The van der Waals surface area contributed by atoms with Gasteiger partial charge in [-0.3, -0.25) is 9.36 Å². The Hall–Kier alpha value is -1.54. The number of hydrogen-bond acceptors (Lipinski definition) is 6. The third-order valence-electron chi connectivity index (χ3n) is 10.5. The third kappa shape index (κ3) is 42.6. The number of unbranched alkanes of at least 4 members (excludes halogenated alkanes) is 24. The van der Waals surface area contributed by atoms with E-state index in [-0.39, 0.29) is 12.5 Å². The fraction of sp³-hybridized carbons (Fsp3) is 0.816. The number of amides is 1. The van der Waals surface area contributed by atoms with Crippen LogP contribution >= 0.6 is 7.82 Å². The first-order chi connectivity index (χ1) is 28.0. The molecule has 3 atom stereocenters. The number of allylic oxidation sites excluding steroid dienone is 7. The molecule has 0 spiro atoms. The van der Waals surface area contributed by atoms with Crippen molar-refractivity contribution in [3.8, 4) is 0 Å². The van der Waals surface area contributed by atoms with E-state index in [2.05, 4.69) is 55.6 Å². The molecule has 2 N–H and O–H groups in total. The van der Waals surface area contributed by atoms with Crippen LogP contribution in [0, 0.1) is 0 Å². The molecule has 0 aliphatic carbocycles. The predicted molar refractivity (Wildman–Crippen MR) is 247 cm³/mol. The van der Waals surface area contributed by atoms with Crippen LogP contribution in [0.2, 0.25) is 0 Å². The number of aliphatic hydroxyl groups is 1. The zero-order valence-electron chi connectivity index (χ0n) is 38.5. The quantitative estimate of drug-likeness (QED) is 0.0274. The Balaban J connectivity index is 4.38. The van der Waals surface area contributed by atoms with Crippen molar-refractivity contribution in [2.75, 3.05) is 40.9 Å². The maximum absolute atomic E-state index is 12.8.